The summed E-state index contributed by atoms with van der Waals surface area (Å²) in [7, 11) is 0. The van der Waals surface area contributed by atoms with Crippen LogP contribution in [-0.2, 0) is 6.54 Å². The molecule has 3 nitrogen and oxygen atoms in total. The fourth-order valence-electron chi connectivity index (χ4n) is 3.41. The summed E-state index contributed by atoms with van der Waals surface area (Å²) in [6, 6.07) is 9.95. The third kappa shape index (κ3) is 2.80. The lowest BCUT2D eigenvalue weighted by molar-refractivity contribution is 0.456. The van der Waals surface area contributed by atoms with Crippen LogP contribution in [0.1, 0.15) is 30.0 Å². The molecule has 0 radical (unpaired) electrons. The zero-order chi connectivity index (χ0) is 16.5. The highest BCUT2D eigenvalue weighted by Gasteiger charge is 2.21. The fourth-order valence-corrected chi connectivity index (χ4v) is 3.41. The summed E-state index contributed by atoms with van der Waals surface area (Å²) in [6.07, 6.45) is 4.09. The van der Waals surface area contributed by atoms with E-state index in [-0.39, 0.29) is 12.1 Å². The molecular weight excluding hydrogens is 308 g/mol. The van der Waals surface area contributed by atoms with Gasteiger partial charge in [-0.15, -0.1) is 0 Å². The molecular formula is C19H19F2N3. The van der Waals surface area contributed by atoms with Crippen molar-refractivity contribution in [3.63, 3.8) is 0 Å². The van der Waals surface area contributed by atoms with Gasteiger partial charge < -0.3 is 9.88 Å². The van der Waals surface area contributed by atoms with Crippen molar-refractivity contribution in [2.75, 3.05) is 13.1 Å². The van der Waals surface area contributed by atoms with Gasteiger partial charge in [-0.3, -0.25) is 0 Å². The van der Waals surface area contributed by atoms with Crippen LogP contribution in [0.15, 0.2) is 42.6 Å². The van der Waals surface area contributed by atoms with Crippen LogP contribution < -0.4 is 5.32 Å². The fraction of sp³-hybridized carbons (Fsp3) is 0.316. The van der Waals surface area contributed by atoms with E-state index in [1.54, 1.807) is 0 Å². The lowest BCUT2D eigenvalue weighted by Crippen LogP contribution is -2.28. The molecule has 0 aliphatic carbocycles. The molecule has 1 fully saturated rings. The number of aromatic nitrogens is 2. The number of hydrogen-bond acceptors (Lipinski definition) is 2. The Bertz CT molecular complexity index is 801. The largest absolute Gasteiger partial charge is 0.328 e. The Kier molecular flexibility index (Phi) is 4.02. The highest BCUT2D eigenvalue weighted by atomic mass is 19.1. The molecule has 1 aromatic carbocycles. The molecule has 1 aromatic rings. The lowest BCUT2D eigenvalue weighted by Gasteiger charge is -2.20. The minimum Gasteiger partial charge on any atom is -0.328 e. The van der Waals surface area contributed by atoms with Crippen LogP contribution in [0.4, 0.5) is 8.78 Å². The molecule has 0 spiro atoms. The monoisotopic (exact) mass is 327 g/mol. The van der Waals surface area contributed by atoms with Crippen molar-refractivity contribution in [1.29, 1.82) is 0 Å². The van der Waals surface area contributed by atoms with Crippen LogP contribution >= 0.6 is 0 Å². The number of nitrogens with zero attached hydrogens (tertiary/aromatic N) is 2. The lowest BCUT2D eigenvalue weighted by atomic mass is 9.96. The van der Waals surface area contributed by atoms with E-state index in [0.29, 0.717) is 5.92 Å². The first kappa shape index (κ1) is 15.3. The standard InChI is InChI=1S/C19H19F2N3/c20-16-6-1-7-17(21)15(16)12-24-9-3-5-13-10-18(23-19(13)24)14-4-2-8-22-11-14/h1,3,5-7,9-10,14,22H,2,4,8,11-12H2/t14-/m1/s1. The third-order valence-electron chi connectivity index (χ3n) is 4.72. The molecule has 124 valence electrons. The molecule has 3 heterocycles. The maximum absolute atomic E-state index is 14.0. The van der Waals surface area contributed by atoms with E-state index in [1.165, 1.54) is 18.2 Å². The second-order valence-corrected chi connectivity index (χ2v) is 6.34. The second kappa shape index (κ2) is 6.32. The quantitative estimate of drug-likeness (QED) is 0.793. The maximum atomic E-state index is 14.0. The zero-order valence-electron chi connectivity index (χ0n) is 13.3. The van der Waals surface area contributed by atoms with Crippen molar-refractivity contribution in [3.8, 4) is 11.4 Å². The van der Waals surface area contributed by atoms with Gasteiger partial charge in [0.15, 0.2) is 0 Å². The van der Waals surface area contributed by atoms with E-state index in [9.17, 15) is 8.78 Å². The van der Waals surface area contributed by atoms with E-state index in [4.69, 9.17) is 4.98 Å². The average molecular weight is 327 g/mol. The Morgan fingerprint density at radius 2 is 2.00 bits per heavy atom. The number of pyridine rings is 1. The van der Waals surface area contributed by atoms with Gasteiger partial charge in [0.25, 0.3) is 0 Å². The van der Waals surface area contributed by atoms with Crippen LogP contribution in [0.5, 0.6) is 0 Å². The van der Waals surface area contributed by atoms with Gasteiger partial charge in [-0.2, -0.15) is 0 Å². The minimum absolute atomic E-state index is 0.0684. The van der Waals surface area contributed by atoms with Crippen molar-refractivity contribution >= 4 is 0 Å². The van der Waals surface area contributed by atoms with Crippen molar-refractivity contribution in [2.45, 2.75) is 25.3 Å². The Morgan fingerprint density at radius 3 is 2.75 bits per heavy atom. The molecule has 0 bridgehead atoms. The smallest absolute Gasteiger partial charge is 0.140 e. The Balaban J connectivity index is 1.70. The van der Waals surface area contributed by atoms with E-state index in [2.05, 4.69) is 11.4 Å². The van der Waals surface area contributed by atoms with Crippen LogP contribution in [0.2, 0.25) is 0 Å². The van der Waals surface area contributed by atoms with E-state index >= 15 is 0 Å². The first-order valence-corrected chi connectivity index (χ1v) is 8.32. The summed E-state index contributed by atoms with van der Waals surface area (Å²) < 4.78 is 29.7. The first-order chi connectivity index (χ1) is 11.7. The van der Waals surface area contributed by atoms with Gasteiger partial charge in [0.05, 0.1) is 6.54 Å². The summed E-state index contributed by atoms with van der Waals surface area (Å²) in [5.41, 5.74) is 2.14. The van der Waals surface area contributed by atoms with Gasteiger partial charge >= 0.3 is 0 Å². The van der Waals surface area contributed by atoms with Crippen molar-refractivity contribution in [2.24, 2.45) is 0 Å². The van der Waals surface area contributed by atoms with Crippen LogP contribution in [-0.4, -0.2) is 22.6 Å². The molecule has 0 amide bonds. The van der Waals surface area contributed by atoms with Gasteiger partial charge in [0.1, 0.15) is 17.5 Å². The first-order valence-electron chi connectivity index (χ1n) is 8.32. The molecule has 4 rings (SSSR count). The normalized spacial score (nSPS) is 18.2. The summed E-state index contributed by atoms with van der Waals surface area (Å²) in [5, 5.41) is 3.40. The van der Waals surface area contributed by atoms with E-state index in [1.807, 2.05) is 22.9 Å². The van der Waals surface area contributed by atoms with Crippen LogP contribution in [0.25, 0.3) is 11.4 Å². The predicted octanol–water partition coefficient (Wildman–Crippen LogP) is 3.78. The summed E-state index contributed by atoms with van der Waals surface area (Å²) in [5.74, 6) is 0.135. The number of hydrogen-bond donors (Lipinski definition) is 1. The highest BCUT2D eigenvalue weighted by Crippen LogP contribution is 2.30. The second-order valence-electron chi connectivity index (χ2n) is 6.34. The summed E-state index contributed by atoms with van der Waals surface area (Å²) in [6.45, 7) is 2.13. The Labute approximate surface area is 139 Å². The molecule has 1 atom stereocenters. The Hall–Kier alpha value is -2.27. The molecule has 24 heavy (non-hydrogen) atoms. The number of nitrogens with one attached hydrogen (secondary N) is 1. The number of rotatable bonds is 3. The minimum atomic E-state index is -0.525. The molecule has 1 N–H and O–H groups in total. The third-order valence-corrected chi connectivity index (χ3v) is 4.72. The molecule has 3 aliphatic heterocycles. The van der Waals surface area contributed by atoms with Gasteiger partial charge in [0.2, 0.25) is 0 Å². The van der Waals surface area contributed by atoms with Gasteiger partial charge in [-0.05, 0) is 49.7 Å². The molecule has 1 saturated heterocycles. The van der Waals surface area contributed by atoms with Crippen LogP contribution in [0.3, 0.4) is 0 Å². The molecule has 0 unspecified atom stereocenters. The van der Waals surface area contributed by atoms with E-state index < -0.39 is 11.6 Å². The van der Waals surface area contributed by atoms with Gasteiger partial charge in [-0.25, -0.2) is 13.8 Å². The maximum Gasteiger partial charge on any atom is 0.140 e. The van der Waals surface area contributed by atoms with Gasteiger partial charge in [-0.1, -0.05) is 6.07 Å². The SMILES string of the molecule is Fc1cccc(F)c1Cn1cccc2cc([C@@H]3CCCNC3)nc1-2. The van der Waals surface area contributed by atoms with Gasteiger partial charge in [0, 0.05) is 35.5 Å². The molecule has 0 aromatic heterocycles. The number of piperidine rings is 1. The number of fused-ring (bicyclic) bond motifs is 1. The van der Waals surface area contributed by atoms with Crippen LogP contribution in [0, 0.1) is 11.6 Å². The number of benzene rings is 1. The average Bonchev–Trinajstić information content (AvgIpc) is 3.04. The summed E-state index contributed by atoms with van der Waals surface area (Å²) >= 11 is 0. The molecule has 0 saturated carbocycles. The molecule has 3 aliphatic rings. The Morgan fingerprint density at radius 1 is 1.17 bits per heavy atom. The molecule has 5 heteroatoms. The highest BCUT2D eigenvalue weighted by molar-refractivity contribution is 5.59. The summed E-state index contributed by atoms with van der Waals surface area (Å²) in [4.78, 5) is 4.77. The van der Waals surface area contributed by atoms with E-state index in [0.717, 1.165) is 43.0 Å². The predicted molar refractivity (Wildman–Crippen MR) is 89.2 cm³/mol. The number of halogens is 2. The van der Waals surface area contributed by atoms with Crippen molar-refractivity contribution in [3.05, 3.63) is 65.5 Å². The van der Waals surface area contributed by atoms with Crippen molar-refractivity contribution in [1.82, 2.24) is 14.9 Å². The topological polar surface area (TPSA) is 29.9 Å². The zero-order valence-corrected chi connectivity index (χ0v) is 13.3. The van der Waals surface area contributed by atoms with Crippen molar-refractivity contribution < 1.29 is 8.78 Å².